The van der Waals surface area contributed by atoms with Crippen LogP contribution in [0.4, 0.5) is 9.52 Å². The molecule has 3 rings (SSSR count). The topological polar surface area (TPSA) is 54.0 Å². The molecule has 0 atom stereocenters. The highest BCUT2D eigenvalue weighted by molar-refractivity contribution is 7.15. The van der Waals surface area contributed by atoms with Crippen LogP contribution >= 0.6 is 11.3 Å². The molecule has 1 aliphatic heterocycles. The van der Waals surface area contributed by atoms with Gasteiger partial charge in [0.2, 0.25) is 0 Å². The second kappa shape index (κ2) is 5.30. The van der Waals surface area contributed by atoms with Crippen LogP contribution in [0.5, 0.6) is 0 Å². The number of anilines is 1. The van der Waals surface area contributed by atoms with Gasteiger partial charge in [0.05, 0.1) is 11.3 Å². The van der Waals surface area contributed by atoms with Crippen LogP contribution in [-0.2, 0) is 13.0 Å². The Morgan fingerprint density at radius 3 is 3.10 bits per heavy atom. The Morgan fingerprint density at radius 2 is 2.35 bits per heavy atom. The minimum atomic E-state index is -0.509. The van der Waals surface area contributed by atoms with Crippen LogP contribution in [0.3, 0.4) is 0 Å². The van der Waals surface area contributed by atoms with Crippen LogP contribution in [0.2, 0.25) is 0 Å². The summed E-state index contributed by atoms with van der Waals surface area (Å²) in [7, 11) is 0. The summed E-state index contributed by atoms with van der Waals surface area (Å²) >= 11 is 1.44. The maximum Gasteiger partial charge on any atom is 0.260 e. The highest BCUT2D eigenvalue weighted by atomic mass is 32.1. The molecule has 1 amide bonds. The molecule has 20 heavy (non-hydrogen) atoms. The number of nitrogens with one attached hydrogen (secondary N) is 2. The third-order valence-electron chi connectivity index (χ3n) is 3.19. The molecule has 0 spiro atoms. The quantitative estimate of drug-likeness (QED) is 0.894. The lowest BCUT2D eigenvalue weighted by Gasteiger charge is -2.09. The Labute approximate surface area is 120 Å². The minimum Gasteiger partial charge on any atom is -0.311 e. The molecule has 6 heteroatoms. The third-order valence-corrected chi connectivity index (χ3v) is 4.21. The number of carbonyl (C=O) groups is 1. The van der Waals surface area contributed by atoms with Gasteiger partial charge >= 0.3 is 0 Å². The van der Waals surface area contributed by atoms with E-state index >= 15 is 0 Å². The van der Waals surface area contributed by atoms with E-state index in [-0.39, 0.29) is 5.56 Å². The largest absolute Gasteiger partial charge is 0.311 e. The number of rotatable bonds is 2. The van der Waals surface area contributed by atoms with Gasteiger partial charge in [-0.1, -0.05) is 6.07 Å². The summed E-state index contributed by atoms with van der Waals surface area (Å²) in [4.78, 5) is 17.6. The van der Waals surface area contributed by atoms with Gasteiger partial charge in [-0.2, -0.15) is 0 Å². The molecule has 0 radical (unpaired) electrons. The molecule has 2 N–H and O–H groups in total. The first-order valence-electron chi connectivity index (χ1n) is 6.40. The molecule has 4 nitrogen and oxygen atoms in total. The van der Waals surface area contributed by atoms with Crippen molar-refractivity contribution >= 4 is 22.4 Å². The van der Waals surface area contributed by atoms with E-state index in [2.05, 4.69) is 15.6 Å². The second-order valence-corrected chi connectivity index (χ2v) is 5.84. The van der Waals surface area contributed by atoms with Crippen LogP contribution < -0.4 is 10.6 Å². The maximum absolute atomic E-state index is 13.7. The maximum atomic E-state index is 13.7. The van der Waals surface area contributed by atoms with E-state index in [1.54, 1.807) is 13.0 Å². The van der Waals surface area contributed by atoms with Crippen LogP contribution in [-0.4, -0.2) is 17.4 Å². The fourth-order valence-electron chi connectivity index (χ4n) is 2.15. The molecule has 0 fully saturated rings. The Morgan fingerprint density at radius 1 is 1.50 bits per heavy atom. The highest BCUT2D eigenvalue weighted by Crippen LogP contribution is 2.26. The van der Waals surface area contributed by atoms with Gasteiger partial charge in [-0.15, -0.1) is 11.3 Å². The van der Waals surface area contributed by atoms with Crippen molar-refractivity contribution in [3.8, 4) is 0 Å². The number of thiazole rings is 1. The average molecular weight is 291 g/mol. The second-order valence-electron chi connectivity index (χ2n) is 4.75. The van der Waals surface area contributed by atoms with Crippen LogP contribution in [0.1, 0.15) is 26.5 Å². The fraction of sp³-hybridized carbons (Fsp3) is 0.286. The zero-order valence-electron chi connectivity index (χ0n) is 11.0. The van der Waals surface area contributed by atoms with Crippen molar-refractivity contribution in [3.63, 3.8) is 0 Å². The summed E-state index contributed by atoms with van der Waals surface area (Å²) in [5.41, 5.74) is 1.85. The molecule has 1 aliphatic rings. The number of hydrogen-bond donors (Lipinski definition) is 2. The van der Waals surface area contributed by atoms with Gasteiger partial charge in [0, 0.05) is 24.4 Å². The van der Waals surface area contributed by atoms with Gasteiger partial charge in [-0.3, -0.25) is 10.1 Å². The van der Waals surface area contributed by atoms with Crippen molar-refractivity contribution in [3.05, 3.63) is 45.7 Å². The number of hydrogen-bond acceptors (Lipinski definition) is 4. The number of nitrogens with zero attached hydrogens (tertiary/aromatic N) is 1. The number of aromatic nitrogens is 1. The Kier molecular flexibility index (Phi) is 3.50. The molecule has 104 valence electrons. The van der Waals surface area contributed by atoms with E-state index in [4.69, 9.17) is 0 Å². The summed E-state index contributed by atoms with van der Waals surface area (Å²) in [6.07, 6.45) is 0.862. The van der Waals surface area contributed by atoms with Gasteiger partial charge in [0.1, 0.15) is 5.82 Å². The standard InChI is InChI=1S/C14H14FN3OS/c1-8-2-3-9(10(15)6-8)13(19)18-14-17-11-4-5-16-7-12(11)20-14/h2-3,6,16H,4-5,7H2,1H3,(H,17,18,19). The van der Waals surface area contributed by atoms with Crippen molar-refractivity contribution in [1.82, 2.24) is 10.3 Å². The molecule has 0 bridgehead atoms. The molecule has 1 aromatic heterocycles. The lowest BCUT2D eigenvalue weighted by atomic mass is 10.1. The van der Waals surface area contributed by atoms with Crippen molar-refractivity contribution in [2.75, 3.05) is 11.9 Å². The van der Waals surface area contributed by atoms with Crippen LogP contribution in [0.15, 0.2) is 18.2 Å². The van der Waals surface area contributed by atoms with Gasteiger partial charge < -0.3 is 5.32 Å². The van der Waals surface area contributed by atoms with Crippen molar-refractivity contribution in [1.29, 1.82) is 0 Å². The average Bonchev–Trinajstić information content (AvgIpc) is 2.80. The van der Waals surface area contributed by atoms with E-state index < -0.39 is 11.7 Å². The Hall–Kier alpha value is -1.79. The molecule has 0 saturated heterocycles. The monoisotopic (exact) mass is 291 g/mol. The SMILES string of the molecule is Cc1ccc(C(=O)Nc2nc3c(s2)CNCC3)c(F)c1. The van der Waals surface area contributed by atoms with Crippen molar-refractivity contribution in [2.24, 2.45) is 0 Å². The molecule has 2 heterocycles. The van der Waals surface area contributed by atoms with Crippen molar-refractivity contribution < 1.29 is 9.18 Å². The van der Waals surface area contributed by atoms with Gasteiger partial charge in [-0.05, 0) is 24.6 Å². The summed E-state index contributed by atoms with van der Waals surface area (Å²) in [5, 5.41) is 6.46. The molecule has 0 aliphatic carbocycles. The van der Waals surface area contributed by atoms with Crippen molar-refractivity contribution in [2.45, 2.75) is 19.9 Å². The Bertz CT molecular complexity index is 645. The Balaban J connectivity index is 1.80. The summed E-state index contributed by atoms with van der Waals surface area (Å²) < 4.78 is 13.7. The predicted octanol–water partition coefficient (Wildman–Crippen LogP) is 2.49. The van der Waals surface area contributed by atoms with E-state index in [9.17, 15) is 9.18 Å². The lowest BCUT2D eigenvalue weighted by Crippen LogP contribution is -2.22. The fourth-order valence-corrected chi connectivity index (χ4v) is 3.12. The highest BCUT2D eigenvalue weighted by Gasteiger charge is 2.18. The number of amides is 1. The summed E-state index contributed by atoms with van der Waals surface area (Å²) in [6, 6.07) is 4.57. The zero-order valence-corrected chi connectivity index (χ0v) is 11.8. The number of halogens is 1. The van der Waals surface area contributed by atoms with Gasteiger partial charge in [-0.25, -0.2) is 9.37 Å². The number of carbonyl (C=O) groups excluding carboxylic acids is 1. The summed E-state index contributed by atoms with van der Waals surface area (Å²) in [6.45, 7) is 3.46. The molecule has 2 aromatic rings. The predicted molar refractivity (Wildman–Crippen MR) is 76.6 cm³/mol. The lowest BCUT2D eigenvalue weighted by molar-refractivity contribution is 0.102. The molecular weight excluding hydrogens is 277 g/mol. The number of fused-ring (bicyclic) bond motifs is 1. The van der Waals surface area contributed by atoms with Gasteiger partial charge in [0.25, 0.3) is 5.91 Å². The van der Waals surface area contributed by atoms with Crippen LogP contribution in [0, 0.1) is 12.7 Å². The first-order chi connectivity index (χ1) is 9.63. The van der Waals surface area contributed by atoms with E-state index in [1.807, 2.05) is 0 Å². The molecule has 0 saturated carbocycles. The van der Waals surface area contributed by atoms with E-state index in [1.165, 1.54) is 23.5 Å². The van der Waals surface area contributed by atoms with Gasteiger partial charge in [0.15, 0.2) is 5.13 Å². The minimum absolute atomic E-state index is 0.0434. The van der Waals surface area contributed by atoms with Crippen LogP contribution in [0.25, 0.3) is 0 Å². The normalized spacial score (nSPS) is 13.9. The number of aryl methyl sites for hydroxylation is 1. The molecule has 0 unspecified atom stereocenters. The smallest absolute Gasteiger partial charge is 0.260 e. The molecule has 1 aromatic carbocycles. The zero-order chi connectivity index (χ0) is 14.1. The van der Waals surface area contributed by atoms with E-state index in [0.29, 0.717) is 5.13 Å². The van der Waals surface area contributed by atoms with E-state index in [0.717, 1.165) is 35.6 Å². The first-order valence-corrected chi connectivity index (χ1v) is 7.22. The number of benzene rings is 1. The third kappa shape index (κ3) is 2.57. The molecular formula is C14H14FN3OS. The first kappa shape index (κ1) is 13.2. The summed E-state index contributed by atoms with van der Waals surface area (Å²) in [5.74, 6) is -0.966.